The first-order chi connectivity index (χ1) is 9.58. The number of halogens is 2. The average Bonchev–Trinajstić information content (AvgIpc) is 3.00. The number of hydrogen-bond acceptors (Lipinski definition) is 1. The standard InChI is InChI=1S/C15H16F2N2O/c1-2-12(16)8-13(17)6-10-4-3-5-11(10)7-14-9-18-15(20)19-14/h2,4,6,8-9,11H,1,3,5,7H2,(H2,18,19,20)/b12-8+,13-6-. The summed E-state index contributed by atoms with van der Waals surface area (Å²) in [5.74, 6) is -1.21. The molecule has 0 aromatic carbocycles. The Morgan fingerprint density at radius 3 is 2.90 bits per heavy atom. The van der Waals surface area contributed by atoms with Crippen molar-refractivity contribution in [3.63, 3.8) is 0 Å². The third-order valence-electron chi connectivity index (χ3n) is 3.26. The molecule has 2 N–H and O–H groups in total. The molecule has 0 spiro atoms. The molecule has 1 aromatic rings. The van der Waals surface area contributed by atoms with Gasteiger partial charge in [-0.2, -0.15) is 0 Å². The van der Waals surface area contributed by atoms with Gasteiger partial charge in [0.15, 0.2) is 0 Å². The molecule has 1 atom stereocenters. The Morgan fingerprint density at radius 1 is 1.45 bits per heavy atom. The van der Waals surface area contributed by atoms with E-state index in [9.17, 15) is 13.6 Å². The highest BCUT2D eigenvalue weighted by molar-refractivity contribution is 5.33. The highest BCUT2D eigenvalue weighted by Gasteiger charge is 2.19. The first kappa shape index (κ1) is 14.2. The maximum absolute atomic E-state index is 13.6. The highest BCUT2D eigenvalue weighted by atomic mass is 19.1. The predicted octanol–water partition coefficient (Wildman–Crippen LogP) is 3.47. The zero-order chi connectivity index (χ0) is 14.5. The summed E-state index contributed by atoms with van der Waals surface area (Å²) in [7, 11) is 0. The highest BCUT2D eigenvalue weighted by Crippen LogP contribution is 2.30. The van der Waals surface area contributed by atoms with Crippen LogP contribution in [0.25, 0.3) is 0 Å². The Balaban J connectivity index is 2.09. The third-order valence-corrected chi connectivity index (χ3v) is 3.26. The van der Waals surface area contributed by atoms with Crippen molar-refractivity contribution in [1.82, 2.24) is 9.97 Å². The van der Waals surface area contributed by atoms with E-state index in [1.807, 2.05) is 6.08 Å². The van der Waals surface area contributed by atoms with Crippen molar-refractivity contribution in [1.29, 1.82) is 0 Å². The van der Waals surface area contributed by atoms with Crippen molar-refractivity contribution in [3.05, 3.63) is 70.5 Å². The van der Waals surface area contributed by atoms with Crippen molar-refractivity contribution in [2.75, 3.05) is 0 Å². The number of rotatable bonds is 5. The number of imidazole rings is 1. The van der Waals surface area contributed by atoms with Crippen LogP contribution in [-0.4, -0.2) is 9.97 Å². The van der Waals surface area contributed by atoms with Crippen LogP contribution in [0.4, 0.5) is 8.78 Å². The fourth-order valence-electron chi connectivity index (χ4n) is 2.32. The molecule has 106 valence electrons. The van der Waals surface area contributed by atoms with Crippen LogP contribution < -0.4 is 5.69 Å². The summed E-state index contributed by atoms with van der Waals surface area (Å²) in [6.45, 7) is 3.23. The summed E-state index contributed by atoms with van der Waals surface area (Å²) in [6, 6.07) is 0. The van der Waals surface area contributed by atoms with E-state index in [1.54, 1.807) is 6.20 Å². The van der Waals surface area contributed by atoms with Gasteiger partial charge in [0, 0.05) is 18.0 Å². The summed E-state index contributed by atoms with van der Waals surface area (Å²) >= 11 is 0. The fraction of sp³-hybridized carbons (Fsp3) is 0.267. The molecule has 3 nitrogen and oxygen atoms in total. The maximum atomic E-state index is 13.6. The molecule has 2 rings (SSSR count). The fourth-order valence-corrected chi connectivity index (χ4v) is 2.32. The van der Waals surface area contributed by atoms with Gasteiger partial charge in [-0.25, -0.2) is 13.6 Å². The van der Waals surface area contributed by atoms with Crippen LogP contribution >= 0.6 is 0 Å². The average molecular weight is 278 g/mol. The van der Waals surface area contributed by atoms with Gasteiger partial charge in [-0.15, -0.1) is 0 Å². The minimum Gasteiger partial charge on any atom is -0.313 e. The molecule has 1 unspecified atom stereocenters. The molecule has 0 saturated heterocycles. The lowest BCUT2D eigenvalue weighted by Gasteiger charge is -2.10. The van der Waals surface area contributed by atoms with Gasteiger partial charge in [-0.1, -0.05) is 12.7 Å². The summed E-state index contributed by atoms with van der Waals surface area (Å²) in [5.41, 5.74) is 1.37. The van der Waals surface area contributed by atoms with E-state index < -0.39 is 11.7 Å². The number of allylic oxidation sites excluding steroid dienone is 7. The van der Waals surface area contributed by atoms with Crippen LogP contribution in [0.2, 0.25) is 0 Å². The van der Waals surface area contributed by atoms with Gasteiger partial charge in [0.1, 0.15) is 11.7 Å². The van der Waals surface area contributed by atoms with E-state index in [1.165, 1.54) is 6.08 Å². The molecule has 0 amide bonds. The van der Waals surface area contributed by atoms with Gasteiger partial charge in [-0.05, 0) is 42.9 Å². The molecule has 0 fully saturated rings. The van der Waals surface area contributed by atoms with Gasteiger partial charge >= 0.3 is 5.69 Å². The van der Waals surface area contributed by atoms with Gasteiger partial charge in [0.05, 0.1) is 0 Å². The van der Waals surface area contributed by atoms with Crippen LogP contribution in [0.15, 0.2) is 59.1 Å². The topological polar surface area (TPSA) is 48.6 Å². The summed E-state index contributed by atoms with van der Waals surface area (Å²) in [6.07, 6.45) is 9.03. The van der Waals surface area contributed by atoms with Crippen molar-refractivity contribution in [3.8, 4) is 0 Å². The van der Waals surface area contributed by atoms with E-state index in [2.05, 4.69) is 16.5 Å². The Kier molecular flexibility index (Phi) is 4.50. The monoisotopic (exact) mass is 278 g/mol. The van der Waals surface area contributed by atoms with E-state index in [0.29, 0.717) is 6.42 Å². The van der Waals surface area contributed by atoms with Gasteiger partial charge in [0.25, 0.3) is 0 Å². The van der Waals surface area contributed by atoms with Gasteiger partial charge in [-0.3, -0.25) is 0 Å². The Hall–Kier alpha value is -2.17. The molecule has 1 aliphatic rings. The number of aromatic nitrogens is 2. The first-order valence-electron chi connectivity index (χ1n) is 6.42. The molecule has 0 radical (unpaired) electrons. The Labute approximate surface area is 115 Å². The molecular weight excluding hydrogens is 262 g/mol. The van der Waals surface area contributed by atoms with Crippen molar-refractivity contribution >= 4 is 0 Å². The lowest BCUT2D eigenvalue weighted by Crippen LogP contribution is -2.06. The minimum absolute atomic E-state index is 0.132. The quantitative estimate of drug-likeness (QED) is 0.796. The summed E-state index contributed by atoms with van der Waals surface area (Å²) < 4.78 is 26.5. The normalized spacial score (nSPS) is 20.1. The summed E-state index contributed by atoms with van der Waals surface area (Å²) in [4.78, 5) is 16.2. The van der Waals surface area contributed by atoms with Crippen molar-refractivity contribution < 1.29 is 8.78 Å². The Morgan fingerprint density at radius 2 is 2.25 bits per heavy atom. The van der Waals surface area contributed by atoms with E-state index >= 15 is 0 Å². The predicted molar refractivity (Wildman–Crippen MR) is 74.5 cm³/mol. The second-order valence-electron chi connectivity index (χ2n) is 4.71. The second kappa shape index (κ2) is 6.32. The van der Waals surface area contributed by atoms with Crippen molar-refractivity contribution in [2.45, 2.75) is 19.3 Å². The van der Waals surface area contributed by atoms with E-state index in [0.717, 1.165) is 36.3 Å². The van der Waals surface area contributed by atoms with Crippen LogP contribution in [0.5, 0.6) is 0 Å². The summed E-state index contributed by atoms with van der Waals surface area (Å²) in [5, 5.41) is 0. The zero-order valence-corrected chi connectivity index (χ0v) is 11.0. The molecule has 0 bridgehead atoms. The largest absolute Gasteiger partial charge is 0.323 e. The number of H-pyrrole nitrogens is 2. The number of aromatic amines is 2. The van der Waals surface area contributed by atoms with E-state index in [-0.39, 0.29) is 11.6 Å². The number of hydrogen-bond donors (Lipinski definition) is 2. The molecule has 1 aliphatic carbocycles. The minimum atomic E-state index is -0.705. The number of nitrogens with one attached hydrogen (secondary N) is 2. The van der Waals surface area contributed by atoms with Gasteiger partial charge < -0.3 is 9.97 Å². The van der Waals surface area contributed by atoms with Gasteiger partial charge in [0.2, 0.25) is 0 Å². The lowest BCUT2D eigenvalue weighted by atomic mass is 9.95. The molecule has 5 heteroatoms. The molecule has 1 heterocycles. The molecular formula is C15H16F2N2O. The van der Waals surface area contributed by atoms with Crippen LogP contribution in [-0.2, 0) is 6.42 Å². The zero-order valence-electron chi connectivity index (χ0n) is 11.0. The van der Waals surface area contributed by atoms with Crippen LogP contribution in [0, 0.1) is 5.92 Å². The van der Waals surface area contributed by atoms with Crippen LogP contribution in [0.3, 0.4) is 0 Å². The smallest absolute Gasteiger partial charge is 0.313 e. The first-order valence-corrected chi connectivity index (χ1v) is 6.42. The third kappa shape index (κ3) is 3.66. The molecule has 0 aliphatic heterocycles. The van der Waals surface area contributed by atoms with Crippen molar-refractivity contribution in [2.24, 2.45) is 5.92 Å². The lowest BCUT2D eigenvalue weighted by molar-refractivity contribution is 0.594. The molecule has 20 heavy (non-hydrogen) atoms. The second-order valence-corrected chi connectivity index (χ2v) is 4.71. The molecule has 0 saturated carbocycles. The molecule has 1 aromatic heterocycles. The maximum Gasteiger partial charge on any atom is 0.323 e. The van der Waals surface area contributed by atoms with E-state index in [4.69, 9.17) is 0 Å². The SMILES string of the molecule is C=C/C(F)=C\C(F)=C\C1=CCCC1Cc1c[nH]c(=O)[nH]1. The van der Waals surface area contributed by atoms with Crippen LogP contribution in [0.1, 0.15) is 18.5 Å². The Bertz CT molecular complexity index is 634.